The minimum atomic E-state index is -0.658. The maximum absolute atomic E-state index is 13.9. The summed E-state index contributed by atoms with van der Waals surface area (Å²) in [6.07, 6.45) is 0. The monoisotopic (exact) mass is 317 g/mol. The molecule has 5 heteroatoms. The van der Waals surface area contributed by atoms with E-state index in [9.17, 15) is 4.39 Å². The van der Waals surface area contributed by atoms with E-state index in [1.54, 1.807) is 31.2 Å². The maximum atomic E-state index is 13.9. The Balaban J connectivity index is 2.44. The quantitative estimate of drug-likeness (QED) is 0.843. The molecule has 90 valence electrons. The van der Waals surface area contributed by atoms with Crippen molar-refractivity contribution in [2.75, 3.05) is 0 Å². The zero-order valence-corrected chi connectivity index (χ0v) is 11.3. The molecule has 0 aliphatic carbocycles. The van der Waals surface area contributed by atoms with Gasteiger partial charge in [-0.1, -0.05) is 17.7 Å². The third-order valence-corrected chi connectivity index (χ3v) is 3.73. The molecule has 0 spiro atoms. The summed E-state index contributed by atoms with van der Waals surface area (Å²) in [4.78, 5) is 0. The van der Waals surface area contributed by atoms with Crippen molar-refractivity contribution in [3.8, 4) is 0 Å². The molecule has 0 bridgehead atoms. The van der Waals surface area contributed by atoms with Crippen LogP contribution in [0.25, 0.3) is 0 Å². The Hall–Kier alpha value is -0.840. The number of halogens is 3. The van der Waals surface area contributed by atoms with Gasteiger partial charge in [0.05, 0.1) is 11.1 Å². The highest BCUT2D eigenvalue weighted by Crippen LogP contribution is 2.32. The van der Waals surface area contributed by atoms with E-state index in [4.69, 9.17) is 21.8 Å². The highest BCUT2D eigenvalue weighted by Gasteiger charge is 2.19. The molecule has 0 aliphatic rings. The zero-order valence-electron chi connectivity index (χ0n) is 9.01. The van der Waals surface area contributed by atoms with Crippen LogP contribution in [0.4, 0.5) is 4.39 Å². The lowest BCUT2D eigenvalue weighted by molar-refractivity contribution is 0.459. The van der Waals surface area contributed by atoms with Gasteiger partial charge in [0.2, 0.25) is 0 Å². The molecule has 0 amide bonds. The molecule has 0 saturated carbocycles. The number of rotatable bonds is 2. The van der Waals surface area contributed by atoms with Gasteiger partial charge in [0, 0.05) is 10.0 Å². The fourth-order valence-electron chi connectivity index (χ4n) is 1.55. The fourth-order valence-corrected chi connectivity index (χ4v) is 2.03. The van der Waals surface area contributed by atoms with E-state index in [1.807, 2.05) is 0 Å². The SMILES string of the molecule is Cc1ccc(C(N)c2ccc(Br)c(Cl)c2F)o1. The third kappa shape index (κ3) is 2.39. The second kappa shape index (κ2) is 4.80. The van der Waals surface area contributed by atoms with Crippen molar-refractivity contribution >= 4 is 27.5 Å². The largest absolute Gasteiger partial charge is 0.464 e. The maximum Gasteiger partial charge on any atom is 0.148 e. The van der Waals surface area contributed by atoms with E-state index in [-0.39, 0.29) is 5.02 Å². The molecule has 1 aromatic carbocycles. The predicted molar refractivity (Wildman–Crippen MR) is 68.6 cm³/mol. The Kier molecular flexibility index (Phi) is 3.56. The highest BCUT2D eigenvalue weighted by atomic mass is 79.9. The van der Waals surface area contributed by atoms with Crippen molar-refractivity contribution in [3.05, 3.63) is 56.7 Å². The first kappa shape index (κ1) is 12.6. The van der Waals surface area contributed by atoms with Crippen LogP contribution in [0, 0.1) is 12.7 Å². The lowest BCUT2D eigenvalue weighted by Gasteiger charge is -2.12. The van der Waals surface area contributed by atoms with Crippen molar-refractivity contribution in [2.24, 2.45) is 5.73 Å². The summed E-state index contributed by atoms with van der Waals surface area (Å²) in [6.45, 7) is 1.81. The molecule has 1 aromatic heterocycles. The summed E-state index contributed by atoms with van der Waals surface area (Å²) >= 11 is 8.96. The van der Waals surface area contributed by atoms with E-state index in [2.05, 4.69) is 15.9 Å². The van der Waals surface area contributed by atoms with E-state index in [0.29, 0.717) is 15.8 Å². The molecule has 2 rings (SSSR count). The van der Waals surface area contributed by atoms with Crippen LogP contribution in [0.15, 0.2) is 33.2 Å². The van der Waals surface area contributed by atoms with Crippen molar-refractivity contribution in [1.29, 1.82) is 0 Å². The first-order valence-corrected chi connectivity index (χ1v) is 6.13. The molecule has 0 aliphatic heterocycles. The summed E-state index contributed by atoms with van der Waals surface area (Å²) in [6, 6.07) is 6.11. The molecule has 1 heterocycles. The van der Waals surface area contributed by atoms with Gasteiger partial charge in [0.1, 0.15) is 17.3 Å². The fraction of sp³-hybridized carbons (Fsp3) is 0.167. The van der Waals surface area contributed by atoms with E-state index in [1.165, 1.54) is 0 Å². The molecule has 2 nitrogen and oxygen atoms in total. The van der Waals surface area contributed by atoms with Gasteiger partial charge in [-0.2, -0.15) is 0 Å². The average molecular weight is 319 g/mol. The van der Waals surface area contributed by atoms with Crippen molar-refractivity contribution in [1.82, 2.24) is 0 Å². The second-order valence-corrected chi connectivity index (χ2v) is 4.92. The second-order valence-electron chi connectivity index (χ2n) is 3.69. The average Bonchev–Trinajstić information content (AvgIpc) is 2.72. The van der Waals surface area contributed by atoms with Crippen LogP contribution in [0.1, 0.15) is 23.1 Å². The minimum Gasteiger partial charge on any atom is -0.464 e. The van der Waals surface area contributed by atoms with Crippen LogP contribution in [0.3, 0.4) is 0 Å². The molecule has 17 heavy (non-hydrogen) atoms. The van der Waals surface area contributed by atoms with Crippen LogP contribution in [0.2, 0.25) is 5.02 Å². The molecule has 2 N–H and O–H groups in total. The van der Waals surface area contributed by atoms with Gasteiger partial charge in [0.15, 0.2) is 0 Å². The molecular weight excluding hydrogens is 308 g/mol. The van der Waals surface area contributed by atoms with Gasteiger partial charge in [-0.3, -0.25) is 0 Å². The number of hydrogen-bond donors (Lipinski definition) is 1. The van der Waals surface area contributed by atoms with Gasteiger partial charge in [0.25, 0.3) is 0 Å². The third-order valence-electron chi connectivity index (χ3n) is 2.47. The molecule has 1 unspecified atom stereocenters. The smallest absolute Gasteiger partial charge is 0.148 e. The van der Waals surface area contributed by atoms with Gasteiger partial charge in [-0.15, -0.1) is 0 Å². The predicted octanol–water partition coefficient (Wildman–Crippen LogP) is 4.19. The van der Waals surface area contributed by atoms with Crippen LogP contribution in [0.5, 0.6) is 0 Å². The molecule has 0 radical (unpaired) electrons. The first-order valence-electron chi connectivity index (χ1n) is 4.96. The summed E-state index contributed by atoms with van der Waals surface area (Å²) < 4.78 is 19.8. The van der Waals surface area contributed by atoms with Crippen LogP contribution in [-0.4, -0.2) is 0 Å². The van der Waals surface area contributed by atoms with E-state index in [0.717, 1.165) is 5.76 Å². The Morgan fingerprint density at radius 2 is 2.06 bits per heavy atom. The summed E-state index contributed by atoms with van der Waals surface area (Å²) in [5.74, 6) is 0.724. The van der Waals surface area contributed by atoms with Crippen LogP contribution in [-0.2, 0) is 0 Å². The summed E-state index contributed by atoms with van der Waals surface area (Å²) in [5, 5.41) is 0.0289. The topological polar surface area (TPSA) is 39.2 Å². The Bertz CT molecular complexity index is 555. The molecule has 1 atom stereocenters. The number of nitrogens with two attached hydrogens (primary N) is 1. The lowest BCUT2D eigenvalue weighted by Crippen LogP contribution is -2.13. The normalized spacial score (nSPS) is 12.8. The summed E-state index contributed by atoms with van der Waals surface area (Å²) in [5.41, 5.74) is 6.25. The van der Waals surface area contributed by atoms with Gasteiger partial charge < -0.3 is 10.2 Å². The lowest BCUT2D eigenvalue weighted by atomic mass is 10.1. The minimum absolute atomic E-state index is 0.0289. The standard InChI is InChI=1S/C12H10BrClFNO/c1-6-2-5-9(17-6)12(16)7-3-4-8(13)10(14)11(7)15/h2-5,12H,16H2,1H3. The molecular formula is C12H10BrClFNO. The van der Waals surface area contributed by atoms with Crippen LogP contribution >= 0.6 is 27.5 Å². The van der Waals surface area contributed by atoms with Gasteiger partial charge in [-0.05, 0) is 41.1 Å². The molecule has 0 saturated heterocycles. The Morgan fingerprint density at radius 1 is 1.35 bits per heavy atom. The number of aryl methyl sites for hydroxylation is 1. The van der Waals surface area contributed by atoms with Crippen LogP contribution < -0.4 is 5.73 Å². The van der Waals surface area contributed by atoms with E-state index < -0.39 is 11.9 Å². The zero-order chi connectivity index (χ0) is 12.6. The number of hydrogen-bond acceptors (Lipinski definition) is 2. The van der Waals surface area contributed by atoms with Crippen molar-refractivity contribution < 1.29 is 8.81 Å². The molecule has 2 aromatic rings. The van der Waals surface area contributed by atoms with Crippen molar-refractivity contribution in [3.63, 3.8) is 0 Å². The first-order chi connectivity index (χ1) is 8.00. The van der Waals surface area contributed by atoms with Crippen molar-refractivity contribution in [2.45, 2.75) is 13.0 Å². The molecule has 0 fully saturated rings. The van der Waals surface area contributed by atoms with Gasteiger partial charge in [-0.25, -0.2) is 4.39 Å². The summed E-state index contributed by atoms with van der Waals surface area (Å²) in [7, 11) is 0. The number of benzene rings is 1. The highest BCUT2D eigenvalue weighted by molar-refractivity contribution is 9.10. The Labute approximate surface area is 112 Å². The number of furan rings is 1. The Morgan fingerprint density at radius 3 is 2.65 bits per heavy atom. The van der Waals surface area contributed by atoms with Gasteiger partial charge >= 0.3 is 0 Å². The van der Waals surface area contributed by atoms with E-state index >= 15 is 0 Å².